The van der Waals surface area contributed by atoms with Crippen molar-refractivity contribution in [3.05, 3.63) is 22.2 Å². The summed E-state index contributed by atoms with van der Waals surface area (Å²) >= 11 is 3.24. The molecule has 0 unspecified atom stereocenters. The molecule has 0 aliphatic carbocycles. The van der Waals surface area contributed by atoms with Crippen LogP contribution in [0, 0.1) is 0 Å². The summed E-state index contributed by atoms with van der Waals surface area (Å²) in [6, 6.07) is 1.57. The van der Waals surface area contributed by atoms with Crippen LogP contribution in [-0.4, -0.2) is 20.6 Å². The highest BCUT2D eigenvalue weighted by Gasteiger charge is 2.20. The number of nitrogens with two attached hydrogens (primary N) is 1. The van der Waals surface area contributed by atoms with Crippen molar-refractivity contribution in [3.63, 3.8) is 0 Å². The second kappa shape index (κ2) is 5.45. The van der Waals surface area contributed by atoms with Crippen molar-refractivity contribution >= 4 is 15.9 Å². The standard InChI is InChI=1S/C10H12BrF2NO2/c1-15-6-3-5(9(14)10(12)13)4-7(16-2)8(6)11/h3-4,9-10H,14H2,1-2H3/t9-/m0/s1. The van der Waals surface area contributed by atoms with Gasteiger partial charge in [-0.1, -0.05) is 0 Å². The van der Waals surface area contributed by atoms with E-state index in [0.717, 1.165) is 0 Å². The highest BCUT2D eigenvalue weighted by molar-refractivity contribution is 9.10. The van der Waals surface area contributed by atoms with Crippen molar-refractivity contribution in [2.75, 3.05) is 14.2 Å². The predicted molar refractivity (Wildman–Crippen MR) is 60.2 cm³/mol. The summed E-state index contributed by atoms with van der Waals surface area (Å²) in [4.78, 5) is 0. The SMILES string of the molecule is COc1cc([C@H](N)C(F)F)cc(OC)c1Br. The number of rotatable bonds is 4. The molecular formula is C10H12BrF2NO2. The lowest BCUT2D eigenvalue weighted by atomic mass is 10.1. The van der Waals surface area contributed by atoms with Gasteiger partial charge >= 0.3 is 0 Å². The van der Waals surface area contributed by atoms with Gasteiger partial charge in [-0.15, -0.1) is 0 Å². The molecule has 0 aromatic heterocycles. The fourth-order valence-corrected chi connectivity index (χ4v) is 1.78. The monoisotopic (exact) mass is 295 g/mol. The molecule has 1 atom stereocenters. The van der Waals surface area contributed by atoms with Crippen LogP contribution in [0.4, 0.5) is 8.78 Å². The average molecular weight is 296 g/mol. The van der Waals surface area contributed by atoms with Crippen LogP contribution < -0.4 is 15.2 Å². The molecule has 16 heavy (non-hydrogen) atoms. The maximum Gasteiger partial charge on any atom is 0.257 e. The molecule has 90 valence electrons. The number of benzene rings is 1. The summed E-state index contributed by atoms with van der Waals surface area (Å²) in [7, 11) is 2.88. The van der Waals surface area contributed by atoms with E-state index in [9.17, 15) is 8.78 Å². The Hall–Kier alpha value is -0.880. The van der Waals surface area contributed by atoms with Crippen LogP contribution in [0.15, 0.2) is 16.6 Å². The molecule has 1 aromatic carbocycles. The molecule has 0 fully saturated rings. The molecule has 2 N–H and O–H groups in total. The van der Waals surface area contributed by atoms with E-state index < -0.39 is 12.5 Å². The average Bonchev–Trinajstić information content (AvgIpc) is 2.28. The minimum absolute atomic E-state index is 0.270. The number of halogens is 3. The van der Waals surface area contributed by atoms with Gasteiger partial charge in [0.05, 0.1) is 20.3 Å². The van der Waals surface area contributed by atoms with Crippen molar-refractivity contribution < 1.29 is 18.3 Å². The van der Waals surface area contributed by atoms with Gasteiger partial charge in [0, 0.05) is 0 Å². The van der Waals surface area contributed by atoms with Crippen molar-refractivity contribution in [2.45, 2.75) is 12.5 Å². The maximum atomic E-state index is 12.5. The Morgan fingerprint density at radius 2 is 1.62 bits per heavy atom. The molecule has 1 aromatic rings. The van der Waals surface area contributed by atoms with Crippen LogP contribution in [-0.2, 0) is 0 Å². The topological polar surface area (TPSA) is 44.5 Å². The van der Waals surface area contributed by atoms with Gasteiger partial charge in [-0.3, -0.25) is 0 Å². The molecule has 0 radical (unpaired) electrons. The zero-order valence-corrected chi connectivity index (χ0v) is 10.4. The molecule has 0 heterocycles. The molecule has 3 nitrogen and oxygen atoms in total. The van der Waals surface area contributed by atoms with E-state index in [1.165, 1.54) is 26.4 Å². The molecule has 0 spiro atoms. The zero-order chi connectivity index (χ0) is 12.3. The number of methoxy groups -OCH3 is 2. The van der Waals surface area contributed by atoms with E-state index in [4.69, 9.17) is 15.2 Å². The number of hydrogen-bond acceptors (Lipinski definition) is 3. The van der Waals surface area contributed by atoms with Gasteiger partial charge in [0.2, 0.25) is 0 Å². The lowest BCUT2D eigenvalue weighted by Gasteiger charge is -2.15. The molecule has 1 rings (SSSR count). The van der Waals surface area contributed by atoms with Gasteiger partial charge in [-0.25, -0.2) is 8.78 Å². The van der Waals surface area contributed by atoms with E-state index in [1.54, 1.807) is 0 Å². The van der Waals surface area contributed by atoms with Gasteiger partial charge in [-0.2, -0.15) is 0 Å². The number of ether oxygens (including phenoxy) is 2. The predicted octanol–water partition coefficient (Wildman–Crippen LogP) is 2.73. The minimum Gasteiger partial charge on any atom is -0.495 e. The Morgan fingerprint density at radius 3 is 1.94 bits per heavy atom. The first-order chi connectivity index (χ1) is 7.51. The maximum absolute atomic E-state index is 12.5. The Balaban J connectivity index is 3.21. The summed E-state index contributed by atoms with van der Waals surface area (Å²) in [6.07, 6.45) is -2.63. The summed E-state index contributed by atoms with van der Waals surface area (Å²) in [5, 5.41) is 0. The van der Waals surface area contributed by atoms with Crippen LogP contribution in [0.2, 0.25) is 0 Å². The Bertz CT molecular complexity index is 349. The Labute approximate surface area is 101 Å². The smallest absolute Gasteiger partial charge is 0.257 e. The second-order valence-corrected chi connectivity index (χ2v) is 3.89. The third kappa shape index (κ3) is 2.62. The van der Waals surface area contributed by atoms with Crippen LogP contribution in [0.1, 0.15) is 11.6 Å². The summed E-state index contributed by atoms with van der Waals surface area (Å²) in [5.74, 6) is 0.816. The van der Waals surface area contributed by atoms with Gasteiger partial charge < -0.3 is 15.2 Å². The molecular weight excluding hydrogens is 284 g/mol. The van der Waals surface area contributed by atoms with Crippen LogP contribution in [0.3, 0.4) is 0 Å². The van der Waals surface area contributed by atoms with E-state index in [-0.39, 0.29) is 5.56 Å². The highest BCUT2D eigenvalue weighted by Crippen LogP contribution is 2.37. The van der Waals surface area contributed by atoms with E-state index >= 15 is 0 Å². The first-order valence-corrected chi connectivity index (χ1v) is 5.25. The lowest BCUT2D eigenvalue weighted by Crippen LogP contribution is -2.19. The fraction of sp³-hybridized carbons (Fsp3) is 0.400. The van der Waals surface area contributed by atoms with E-state index in [1.807, 2.05) is 0 Å². The van der Waals surface area contributed by atoms with Crippen LogP contribution in [0.5, 0.6) is 11.5 Å². The molecule has 0 aliphatic heterocycles. The van der Waals surface area contributed by atoms with Crippen molar-refractivity contribution in [3.8, 4) is 11.5 Å². The number of hydrogen-bond donors (Lipinski definition) is 1. The van der Waals surface area contributed by atoms with Gasteiger partial charge in [-0.05, 0) is 33.6 Å². The minimum atomic E-state index is -2.63. The summed E-state index contributed by atoms with van der Waals surface area (Å²) < 4.78 is 35.6. The summed E-state index contributed by atoms with van der Waals surface area (Å²) in [6.45, 7) is 0. The van der Waals surface area contributed by atoms with E-state index in [2.05, 4.69) is 15.9 Å². The second-order valence-electron chi connectivity index (χ2n) is 3.10. The van der Waals surface area contributed by atoms with Crippen LogP contribution in [0.25, 0.3) is 0 Å². The quantitative estimate of drug-likeness (QED) is 0.929. The Morgan fingerprint density at radius 1 is 1.19 bits per heavy atom. The third-order valence-corrected chi connectivity index (χ3v) is 2.91. The molecule has 0 saturated carbocycles. The lowest BCUT2D eigenvalue weighted by molar-refractivity contribution is 0.116. The zero-order valence-electron chi connectivity index (χ0n) is 8.84. The van der Waals surface area contributed by atoms with Gasteiger partial charge in [0.25, 0.3) is 6.43 Å². The molecule has 6 heteroatoms. The molecule has 0 amide bonds. The van der Waals surface area contributed by atoms with Crippen LogP contribution >= 0.6 is 15.9 Å². The molecule has 0 saturated heterocycles. The summed E-state index contributed by atoms with van der Waals surface area (Å²) in [5.41, 5.74) is 5.63. The Kier molecular flexibility index (Phi) is 4.49. The largest absolute Gasteiger partial charge is 0.495 e. The third-order valence-electron chi connectivity index (χ3n) is 2.12. The van der Waals surface area contributed by atoms with E-state index in [0.29, 0.717) is 16.0 Å². The fourth-order valence-electron chi connectivity index (χ4n) is 1.23. The highest BCUT2D eigenvalue weighted by atomic mass is 79.9. The van der Waals surface area contributed by atoms with Gasteiger partial charge in [0.15, 0.2) is 0 Å². The number of alkyl halides is 2. The van der Waals surface area contributed by atoms with Crippen molar-refractivity contribution in [1.82, 2.24) is 0 Å². The normalized spacial score (nSPS) is 12.7. The van der Waals surface area contributed by atoms with Gasteiger partial charge in [0.1, 0.15) is 16.0 Å². The van der Waals surface area contributed by atoms with Crippen molar-refractivity contribution in [1.29, 1.82) is 0 Å². The molecule has 0 aliphatic rings. The first-order valence-electron chi connectivity index (χ1n) is 4.46. The van der Waals surface area contributed by atoms with Crippen molar-refractivity contribution in [2.24, 2.45) is 5.73 Å². The first kappa shape index (κ1) is 13.2. The molecule has 0 bridgehead atoms.